The van der Waals surface area contributed by atoms with Crippen LogP contribution in [0.2, 0.25) is 0 Å². The fraction of sp³-hybridized carbons (Fsp3) is 0.875. The Morgan fingerprint density at radius 2 is 2.09 bits per heavy atom. The van der Waals surface area contributed by atoms with Crippen LogP contribution in [-0.2, 0) is 14.3 Å². The predicted octanol–water partition coefficient (Wildman–Crippen LogP) is 0.584. The van der Waals surface area contributed by atoms with Gasteiger partial charge in [-0.15, -0.1) is 0 Å². The Balaban J connectivity index is 2.10. The van der Waals surface area contributed by atoms with E-state index in [1.807, 2.05) is 0 Å². The summed E-state index contributed by atoms with van der Waals surface area (Å²) < 4.78 is 10.8. The lowest BCUT2D eigenvalue weighted by atomic mass is 9.70. The van der Waals surface area contributed by atoms with Gasteiger partial charge in [-0.1, -0.05) is 6.92 Å². The zero-order valence-corrected chi connectivity index (χ0v) is 6.58. The molecule has 0 amide bonds. The minimum Gasteiger partial charge on any atom is -0.347 e. The number of carbonyl (C=O) groups excluding carboxylic acids is 1. The lowest BCUT2D eigenvalue weighted by Crippen LogP contribution is -2.54. The van der Waals surface area contributed by atoms with Gasteiger partial charge in [-0.25, -0.2) is 0 Å². The molecule has 1 saturated carbocycles. The fourth-order valence-electron chi connectivity index (χ4n) is 2.00. The monoisotopic (exact) mass is 156 g/mol. The Morgan fingerprint density at radius 3 is 2.55 bits per heavy atom. The largest absolute Gasteiger partial charge is 0.347 e. The number of carbonyl (C=O) groups is 1. The average Bonchev–Trinajstić information content (AvgIpc) is 2.38. The molecule has 2 unspecified atom stereocenters. The summed E-state index contributed by atoms with van der Waals surface area (Å²) in [6, 6.07) is 0. The summed E-state index contributed by atoms with van der Waals surface area (Å²) >= 11 is 0. The van der Waals surface area contributed by atoms with Gasteiger partial charge in [0.05, 0.1) is 19.1 Å². The molecule has 62 valence electrons. The van der Waals surface area contributed by atoms with Crippen LogP contribution in [0.1, 0.15) is 13.3 Å². The molecule has 2 rings (SSSR count). The van der Waals surface area contributed by atoms with Crippen molar-refractivity contribution in [2.75, 3.05) is 13.2 Å². The second kappa shape index (κ2) is 2.29. The Morgan fingerprint density at radius 1 is 1.45 bits per heavy atom. The molecule has 11 heavy (non-hydrogen) atoms. The molecular weight excluding hydrogens is 144 g/mol. The normalized spacial score (nSPS) is 40.5. The van der Waals surface area contributed by atoms with Gasteiger partial charge < -0.3 is 14.3 Å². The molecule has 0 aromatic heterocycles. The molecule has 1 aliphatic heterocycles. The molecule has 1 spiro atoms. The van der Waals surface area contributed by atoms with E-state index >= 15 is 0 Å². The van der Waals surface area contributed by atoms with Crippen LogP contribution < -0.4 is 0 Å². The van der Waals surface area contributed by atoms with Crippen molar-refractivity contribution in [1.29, 1.82) is 0 Å². The van der Waals surface area contributed by atoms with Crippen molar-refractivity contribution in [3.63, 3.8) is 0 Å². The van der Waals surface area contributed by atoms with E-state index in [4.69, 9.17) is 9.47 Å². The molecule has 0 N–H and O–H groups in total. The Bertz CT molecular complexity index is 172. The van der Waals surface area contributed by atoms with Gasteiger partial charge in [0.2, 0.25) is 0 Å². The van der Waals surface area contributed by atoms with Gasteiger partial charge in [0, 0.05) is 6.42 Å². The maximum absolute atomic E-state index is 10.6. The first-order chi connectivity index (χ1) is 5.28. The summed E-state index contributed by atoms with van der Waals surface area (Å²) in [6.45, 7) is 3.32. The summed E-state index contributed by atoms with van der Waals surface area (Å²) in [5.74, 6) is -0.128. The quantitative estimate of drug-likeness (QED) is 0.521. The topological polar surface area (TPSA) is 35.5 Å². The van der Waals surface area contributed by atoms with E-state index in [1.165, 1.54) is 0 Å². The van der Waals surface area contributed by atoms with Crippen molar-refractivity contribution in [2.24, 2.45) is 11.8 Å². The number of hydrogen-bond acceptors (Lipinski definition) is 3. The molecule has 0 aromatic carbocycles. The highest BCUT2D eigenvalue weighted by Crippen LogP contribution is 2.48. The van der Waals surface area contributed by atoms with Crippen molar-refractivity contribution in [1.82, 2.24) is 0 Å². The van der Waals surface area contributed by atoms with E-state index in [-0.39, 0.29) is 5.92 Å². The standard InChI is InChI=1S/C8H12O3/c1-6-4-8(7(6)5-9)10-2-3-11-8/h5-7H,2-4H2,1H3. The van der Waals surface area contributed by atoms with Crippen LogP contribution in [0, 0.1) is 11.8 Å². The van der Waals surface area contributed by atoms with E-state index in [0.717, 1.165) is 12.7 Å². The van der Waals surface area contributed by atoms with E-state index in [2.05, 4.69) is 6.92 Å². The number of aldehydes is 1. The second-order valence-electron chi connectivity index (χ2n) is 3.35. The fourth-order valence-corrected chi connectivity index (χ4v) is 2.00. The predicted molar refractivity (Wildman–Crippen MR) is 38.0 cm³/mol. The van der Waals surface area contributed by atoms with E-state index in [1.54, 1.807) is 0 Å². The third-order valence-corrected chi connectivity index (χ3v) is 2.65. The van der Waals surface area contributed by atoms with Crippen molar-refractivity contribution in [3.05, 3.63) is 0 Å². The Hall–Kier alpha value is -0.410. The molecule has 0 aromatic rings. The van der Waals surface area contributed by atoms with Gasteiger partial charge in [0.1, 0.15) is 6.29 Å². The molecule has 0 radical (unpaired) electrons. The molecule has 2 fully saturated rings. The third kappa shape index (κ3) is 0.844. The van der Waals surface area contributed by atoms with Crippen molar-refractivity contribution < 1.29 is 14.3 Å². The van der Waals surface area contributed by atoms with Crippen molar-refractivity contribution in [3.8, 4) is 0 Å². The highest BCUT2D eigenvalue weighted by molar-refractivity contribution is 5.58. The number of hydrogen-bond donors (Lipinski definition) is 0. The number of ether oxygens (including phenoxy) is 2. The molecule has 2 aliphatic rings. The molecular formula is C8H12O3. The maximum Gasteiger partial charge on any atom is 0.178 e. The van der Waals surface area contributed by atoms with Gasteiger partial charge >= 0.3 is 0 Å². The van der Waals surface area contributed by atoms with Gasteiger partial charge in [0.25, 0.3) is 0 Å². The summed E-state index contributed by atoms with van der Waals surface area (Å²) in [4.78, 5) is 10.6. The van der Waals surface area contributed by atoms with Crippen LogP contribution in [-0.4, -0.2) is 25.3 Å². The highest BCUT2D eigenvalue weighted by Gasteiger charge is 2.56. The first-order valence-electron chi connectivity index (χ1n) is 4.02. The van der Waals surface area contributed by atoms with Crippen LogP contribution in [0.3, 0.4) is 0 Å². The third-order valence-electron chi connectivity index (χ3n) is 2.65. The smallest absolute Gasteiger partial charge is 0.178 e. The minimum atomic E-state index is -0.513. The first-order valence-corrected chi connectivity index (χ1v) is 4.02. The van der Waals surface area contributed by atoms with Gasteiger partial charge in [-0.05, 0) is 5.92 Å². The average molecular weight is 156 g/mol. The van der Waals surface area contributed by atoms with Crippen LogP contribution >= 0.6 is 0 Å². The molecule has 1 heterocycles. The summed E-state index contributed by atoms with van der Waals surface area (Å²) in [7, 11) is 0. The number of rotatable bonds is 1. The molecule has 1 aliphatic carbocycles. The molecule has 2 atom stereocenters. The SMILES string of the molecule is CC1CC2(OCCO2)C1C=O. The van der Waals surface area contributed by atoms with Crippen LogP contribution in [0.25, 0.3) is 0 Å². The van der Waals surface area contributed by atoms with E-state index in [0.29, 0.717) is 19.1 Å². The Labute approximate surface area is 65.7 Å². The summed E-state index contributed by atoms with van der Waals surface area (Å²) in [5, 5.41) is 0. The van der Waals surface area contributed by atoms with E-state index in [9.17, 15) is 4.79 Å². The lowest BCUT2D eigenvalue weighted by molar-refractivity contribution is -0.260. The van der Waals surface area contributed by atoms with Gasteiger partial charge in [0.15, 0.2) is 5.79 Å². The maximum atomic E-state index is 10.6. The van der Waals surface area contributed by atoms with Crippen molar-refractivity contribution in [2.45, 2.75) is 19.1 Å². The minimum absolute atomic E-state index is 0.0370. The highest BCUT2D eigenvalue weighted by atomic mass is 16.7. The van der Waals surface area contributed by atoms with Crippen LogP contribution in [0.4, 0.5) is 0 Å². The van der Waals surface area contributed by atoms with Gasteiger partial charge in [-0.2, -0.15) is 0 Å². The molecule has 3 nitrogen and oxygen atoms in total. The zero-order valence-electron chi connectivity index (χ0n) is 6.58. The molecule has 3 heteroatoms. The molecule has 1 saturated heterocycles. The van der Waals surface area contributed by atoms with E-state index < -0.39 is 5.79 Å². The van der Waals surface area contributed by atoms with Gasteiger partial charge in [-0.3, -0.25) is 0 Å². The first kappa shape index (κ1) is 7.25. The zero-order chi connectivity index (χ0) is 7.90. The summed E-state index contributed by atoms with van der Waals surface area (Å²) in [6.07, 6.45) is 1.83. The van der Waals surface area contributed by atoms with Crippen molar-refractivity contribution >= 4 is 6.29 Å². The lowest BCUT2D eigenvalue weighted by Gasteiger charge is -2.46. The van der Waals surface area contributed by atoms with Crippen LogP contribution in [0.15, 0.2) is 0 Å². The van der Waals surface area contributed by atoms with Crippen LogP contribution in [0.5, 0.6) is 0 Å². The Kier molecular flexibility index (Phi) is 1.51. The molecule has 0 bridgehead atoms. The second-order valence-corrected chi connectivity index (χ2v) is 3.35. The summed E-state index contributed by atoms with van der Waals surface area (Å²) in [5.41, 5.74) is 0.